The Morgan fingerprint density at radius 3 is 2.36 bits per heavy atom. The maximum Gasteiger partial charge on any atom is 0.258 e. The number of ether oxygens (including phenoxy) is 2. The maximum atomic E-state index is 12.9. The van der Waals surface area contributed by atoms with E-state index >= 15 is 0 Å². The molecule has 1 aliphatic rings. The number of nitrogens with zero attached hydrogens (tertiary/aromatic N) is 1. The second-order valence-corrected chi connectivity index (χ2v) is 8.76. The predicted molar refractivity (Wildman–Crippen MR) is 128 cm³/mol. The molecular formula is C26H35N3O4. The molecule has 1 heterocycles. The van der Waals surface area contributed by atoms with Gasteiger partial charge in [0.05, 0.1) is 7.11 Å². The fraction of sp³-hybridized carbons (Fsp3) is 0.462. The summed E-state index contributed by atoms with van der Waals surface area (Å²) in [6.07, 6.45) is 1.74. The molecule has 1 unspecified atom stereocenters. The summed E-state index contributed by atoms with van der Waals surface area (Å²) in [6, 6.07) is 16.7. The van der Waals surface area contributed by atoms with Gasteiger partial charge in [-0.1, -0.05) is 50.2 Å². The van der Waals surface area contributed by atoms with Crippen molar-refractivity contribution in [2.75, 3.05) is 26.8 Å². The highest BCUT2D eigenvalue weighted by molar-refractivity contribution is 5.88. The summed E-state index contributed by atoms with van der Waals surface area (Å²) in [4.78, 5) is 27.7. The molecule has 0 saturated carbocycles. The van der Waals surface area contributed by atoms with E-state index in [2.05, 4.69) is 21.6 Å². The number of methoxy groups -OCH3 is 1. The number of rotatable bonds is 10. The maximum absolute atomic E-state index is 12.9. The summed E-state index contributed by atoms with van der Waals surface area (Å²) in [7, 11) is 1.69. The normalized spacial score (nSPS) is 15.6. The zero-order valence-electron chi connectivity index (χ0n) is 19.8. The Labute approximate surface area is 196 Å². The van der Waals surface area contributed by atoms with Crippen molar-refractivity contribution in [3.05, 3.63) is 60.2 Å². The molecule has 7 heteroatoms. The first-order valence-electron chi connectivity index (χ1n) is 11.6. The minimum atomic E-state index is -0.594. The molecule has 2 amide bonds. The van der Waals surface area contributed by atoms with Crippen LogP contribution in [0.25, 0.3) is 0 Å². The second kappa shape index (κ2) is 12.3. The number of hydrogen-bond acceptors (Lipinski definition) is 5. The van der Waals surface area contributed by atoms with Crippen molar-refractivity contribution >= 4 is 11.8 Å². The molecule has 2 aromatic rings. The molecule has 3 rings (SSSR count). The van der Waals surface area contributed by atoms with Crippen LogP contribution < -0.4 is 20.1 Å². The van der Waals surface area contributed by atoms with E-state index in [0.717, 1.165) is 38.2 Å². The quantitative estimate of drug-likeness (QED) is 0.578. The van der Waals surface area contributed by atoms with E-state index in [1.165, 1.54) is 5.56 Å². The number of para-hydroxylation sites is 2. The van der Waals surface area contributed by atoms with Crippen LogP contribution in [0.4, 0.5) is 0 Å². The van der Waals surface area contributed by atoms with E-state index in [1.807, 2.05) is 50.2 Å². The molecule has 2 N–H and O–H groups in total. The Balaban J connectivity index is 1.45. The van der Waals surface area contributed by atoms with Crippen LogP contribution in [-0.4, -0.2) is 55.6 Å². The van der Waals surface area contributed by atoms with Crippen molar-refractivity contribution in [1.82, 2.24) is 15.5 Å². The topological polar surface area (TPSA) is 79.9 Å². The highest BCUT2D eigenvalue weighted by Crippen LogP contribution is 2.21. The number of carbonyl (C=O) groups is 2. The van der Waals surface area contributed by atoms with E-state index in [9.17, 15) is 9.59 Å². The van der Waals surface area contributed by atoms with Crippen LogP contribution in [0, 0.1) is 5.92 Å². The molecule has 7 nitrogen and oxygen atoms in total. The van der Waals surface area contributed by atoms with Crippen LogP contribution >= 0.6 is 0 Å². The third-order valence-corrected chi connectivity index (χ3v) is 5.90. The summed E-state index contributed by atoms with van der Waals surface area (Å²) in [5.74, 6) is 1.05. The molecule has 0 spiro atoms. The number of carbonyl (C=O) groups excluding carboxylic acids is 2. The van der Waals surface area contributed by atoms with Crippen LogP contribution in [0.1, 0.15) is 32.3 Å². The summed E-state index contributed by atoms with van der Waals surface area (Å²) >= 11 is 0. The molecular weight excluding hydrogens is 418 g/mol. The predicted octanol–water partition coefficient (Wildman–Crippen LogP) is 3.00. The molecule has 0 aromatic heterocycles. The minimum absolute atomic E-state index is 0.0312. The number of benzene rings is 2. The van der Waals surface area contributed by atoms with Gasteiger partial charge in [-0.3, -0.25) is 14.5 Å². The lowest BCUT2D eigenvalue weighted by Gasteiger charge is -2.33. The molecule has 33 heavy (non-hydrogen) atoms. The Bertz CT molecular complexity index is 895. The highest BCUT2D eigenvalue weighted by Gasteiger charge is 2.28. The SMILES string of the molecule is COc1ccccc1CN1CCC(NC(=O)C(NC(=O)COc2ccccc2)C(C)C)CC1. The first-order valence-corrected chi connectivity index (χ1v) is 11.6. The zero-order valence-corrected chi connectivity index (χ0v) is 19.8. The molecule has 0 aliphatic carbocycles. The molecule has 1 aliphatic heterocycles. The van der Waals surface area contributed by atoms with Crippen molar-refractivity contribution in [1.29, 1.82) is 0 Å². The van der Waals surface area contributed by atoms with Crippen LogP contribution in [0.2, 0.25) is 0 Å². The van der Waals surface area contributed by atoms with Gasteiger partial charge in [0.1, 0.15) is 17.5 Å². The van der Waals surface area contributed by atoms with Gasteiger partial charge in [0.15, 0.2) is 6.61 Å². The van der Waals surface area contributed by atoms with E-state index in [1.54, 1.807) is 19.2 Å². The van der Waals surface area contributed by atoms with E-state index in [0.29, 0.717) is 5.75 Å². The largest absolute Gasteiger partial charge is 0.496 e. The molecule has 178 valence electrons. The minimum Gasteiger partial charge on any atom is -0.496 e. The van der Waals surface area contributed by atoms with Gasteiger partial charge < -0.3 is 20.1 Å². The Hall–Kier alpha value is -3.06. The van der Waals surface area contributed by atoms with Gasteiger partial charge in [-0.15, -0.1) is 0 Å². The van der Waals surface area contributed by atoms with Gasteiger partial charge in [0, 0.05) is 31.2 Å². The van der Waals surface area contributed by atoms with Gasteiger partial charge in [-0.25, -0.2) is 0 Å². The summed E-state index contributed by atoms with van der Waals surface area (Å²) < 4.78 is 11.0. The molecule has 0 radical (unpaired) electrons. The molecule has 2 aromatic carbocycles. The zero-order chi connectivity index (χ0) is 23.6. The van der Waals surface area contributed by atoms with Gasteiger partial charge in [0.2, 0.25) is 5.91 Å². The summed E-state index contributed by atoms with van der Waals surface area (Å²) in [6.45, 7) is 6.36. The molecule has 1 atom stereocenters. The lowest BCUT2D eigenvalue weighted by molar-refractivity contribution is -0.131. The Morgan fingerprint density at radius 2 is 1.70 bits per heavy atom. The average molecular weight is 454 g/mol. The van der Waals surface area contributed by atoms with E-state index < -0.39 is 6.04 Å². The van der Waals surface area contributed by atoms with Crippen LogP contribution in [0.3, 0.4) is 0 Å². The smallest absolute Gasteiger partial charge is 0.258 e. The van der Waals surface area contributed by atoms with Crippen LogP contribution in [0.5, 0.6) is 11.5 Å². The fourth-order valence-corrected chi connectivity index (χ4v) is 4.02. The summed E-state index contributed by atoms with van der Waals surface area (Å²) in [5, 5.41) is 5.97. The number of hydrogen-bond donors (Lipinski definition) is 2. The average Bonchev–Trinajstić information content (AvgIpc) is 2.83. The highest BCUT2D eigenvalue weighted by atomic mass is 16.5. The molecule has 1 saturated heterocycles. The molecule has 0 bridgehead atoms. The van der Waals surface area contributed by atoms with Crippen molar-refractivity contribution in [3.63, 3.8) is 0 Å². The van der Waals surface area contributed by atoms with E-state index in [4.69, 9.17) is 9.47 Å². The lowest BCUT2D eigenvalue weighted by atomic mass is 10.00. The first kappa shape index (κ1) is 24.6. The van der Waals surface area contributed by atoms with Crippen molar-refractivity contribution in [2.45, 2.75) is 45.3 Å². The van der Waals surface area contributed by atoms with Crippen molar-refractivity contribution < 1.29 is 19.1 Å². The Morgan fingerprint density at radius 1 is 1.03 bits per heavy atom. The molecule has 1 fully saturated rings. The number of likely N-dealkylation sites (tertiary alicyclic amines) is 1. The third-order valence-electron chi connectivity index (χ3n) is 5.90. The van der Waals surface area contributed by atoms with Gasteiger partial charge >= 0.3 is 0 Å². The lowest BCUT2D eigenvalue weighted by Crippen LogP contribution is -2.54. The fourth-order valence-electron chi connectivity index (χ4n) is 4.02. The van der Waals surface area contributed by atoms with Gasteiger partial charge in [-0.2, -0.15) is 0 Å². The second-order valence-electron chi connectivity index (χ2n) is 8.76. The monoisotopic (exact) mass is 453 g/mol. The van der Waals surface area contributed by atoms with Gasteiger partial charge in [-0.05, 0) is 37.0 Å². The van der Waals surface area contributed by atoms with Crippen molar-refractivity contribution in [3.8, 4) is 11.5 Å². The van der Waals surface area contributed by atoms with Crippen LogP contribution in [-0.2, 0) is 16.1 Å². The van der Waals surface area contributed by atoms with E-state index in [-0.39, 0.29) is 30.4 Å². The van der Waals surface area contributed by atoms with Gasteiger partial charge in [0.25, 0.3) is 5.91 Å². The number of nitrogens with one attached hydrogen (secondary N) is 2. The van der Waals surface area contributed by atoms with Crippen LogP contribution in [0.15, 0.2) is 54.6 Å². The van der Waals surface area contributed by atoms with Crippen molar-refractivity contribution in [2.24, 2.45) is 5.92 Å². The third kappa shape index (κ3) is 7.49. The number of amides is 2. The first-order chi connectivity index (χ1) is 16.0. The Kier molecular flexibility index (Phi) is 9.13. The summed E-state index contributed by atoms with van der Waals surface area (Å²) in [5.41, 5.74) is 1.17. The standard InChI is InChI=1S/C26H35N3O4/c1-19(2)25(28-24(30)18-33-22-10-5-4-6-11-22)26(31)27-21-13-15-29(16-14-21)17-20-9-7-8-12-23(20)32-3/h4-12,19,21,25H,13-18H2,1-3H3,(H,27,31)(H,28,30). The number of piperidine rings is 1.